The molecule has 114 valence electrons. The molecule has 0 bridgehead atoms. The molecule has 2 nitrogen and oxygen atoms in total. The Morgan fingerprint density at radius 2 is 1.58 bits per heavy atom. The van der Waals surface area contributed by atoms with Crippen molar-refractivity contribution in [1.82, 2.24) is 10.2 Å². The van der Waals surface area contributed by atoms with Gasteiger partial charge in [-0.1, -0.05) is 19.4 Å². The van der Waals surface area contributed by atoms with Gasteiger partial charge in [-0.3, -0.25) is 0 Å². The van der Waals surface area contributed by atoms with E-state index in [1.54, 1.807) is 0 Å². The maximum Gasteiger partial charge on any atom is 0.0145 e. The van der Waals surface area contributed by atoms with Crippen LogP contribution in [0.5, 0.6) is 0 Å². The lowest BCUT2D eigenvalue weighted by molar-refractivity contribution is 0.0651. The Labute approximate surface area is 124 Å². The summed E-state index contributed by atoms with van der Waals surface area (Å²) in [5.41, 5.74) is 0.551. The molecule has 0 radical (unpaired) electrons. The summed E-state index contributed by atoms with van der Waals surface area (Å²) in [4.78, 5) is 2.80. The van der Waals surface area contributed by atoms with Crippen LogP contribution in [0.4, 0.5) is 0 Å². The van der Waals surface area contributed by atoms with E-state index < -0.39 is 0 Å². The molecule has 0 unspecified atom stereocenters. The maximum absolute atomic E-state index is 3.81. The molecule has 1 saturated heterocycles. The number of nitrogens with zero attached hydrogens (tertiary/aromatic N) is 1. The van der Waals surface area contributed by atoms with Crippen LogP contribution in [0.1, 0.15) is 66.7 Å². The quantitative estimate of drug-likeness (QED) is 0.723. The van der Waals surface area contributed by atoms with Gasteiger partial charge >= 0.3 is 0 Å². The molecule has 1 aliphatic heterocycles. The van der Waals surface area contributed by atoms with Crippen LogP contribution in [0.15, 0.2) is 0 Å². The van der Waals surface area contributed by atoms with E-state index in [2.05, 4.69) is 44.8 Å². The van der Waals surface area contributed by atoms with Gasteiger partial charge in [0.25, 0.3) is 0 Å². The molecule has 1 rings (SSSR count). The third-order valence-corrected chi connectivity index (χ3v) is 4.99. The number of hydrogen-bond acceptors (Lipinski definition) is 2. The van der Waals surface area contributed by atoms with Gasteiger partial charge < -0.3 is 10.2 Å². The van der Waals surface area contributed by atoms with Crippen molar-refractivity contribution in [2.45, 2.75) is 89.9 Å². The normalized spacial score (nSPS) is 23.1. The summed E-state index contributed by atoms with van der Waals surface area (Å²) in [6.45, 7) is 14.4. The Morgan fingerprint density at radius 3 is 2.05 bits per heavy atom. The summed E-state index contributed by atoms with van der Waals surface area (Å²) in [5.74, 6) is 0. The Morgan fingerprint density at radius 1 is 1.05 bits per heavy atom. The van der Waals surface area contributed by atoms with E-state index >= 15 is 0 Å². The molecule has 0 aliphatic carbocycles. The SMILES string of the molecule is CCCCN(CCC[SiH3])C1CC(C)(C)NC(C)(C)C1. The van der Waals surface area contributed by atoms with Crippen LogP contribution >= 0.6 is 0 Å². The second-order valence-corrected chi connectivity index (χ2v) is 8.70. The molecule has 0 amide bonds. The van der Waals surface area contributed by atoms with Gasteiger partial charge in [-0.05, 0) is 66.5 Å². The molecule has 0 aromatic heterocycles. The van der Waals surface area contributed by atoms with Gasteiger partial charge in [0.05, 0.1) is 0 Å². The van der Waals surface area contributed by atoms with Gasteiger partial charge in [0.1, 0.15) is 0 Å². The summed E-state index contributed by atoms with van der Waals surface area (Å²) in [7, 11) is 1.35. The van der Waals surface area contributed by atoms with Crippen molar-refractivity contribution in [3.63, 3.8) is 0 Å². The van der Waals surface area contributed by atoms with Crippen LogP contribution in [0.2, 0.25) is 6.04 Å². The average molecular weight is 285 g/mol. The zero-order valence-electron chi connectivity index (χ0n) is 14.2. The lowest BCUT2D eigenvalue weighted by Crippen LogP contribution is -2.62. The van der Waals surface area contributed by atoms with Gasteiger partial charge in [0.15, 0.2) is 0 Å². The van der Waals surface area contributed by atoms with Crippen molar-refractivity contribution >= 4 is 10.2 Å². The van der Waals surface area contributed by atoms with E-state index in [9.17, 15) is 0 Å². The van der Waals surface area contributed by atoms with Gasteiger partial charge in [0.2, 0.25) is 0 Å². The summed E-state index contributed by atoms with van der Waals surface area (Å²) in [6, 6.07) is 2.21. The van der Waals surface area contributed by atoms with Crippen LogP contribution < -0.4 is 5.32 Å². The lowest BCUT2D eigenvalue weighted by Gasteiger charge is -2.50. The first-order chi connectivity index (χ1) is 8.79. The van der Waals surface area contributed by atoms with E-state index in [4.69, 9.17) is 0 Å². The Balaban J connectivity index is 2.69. The molecular weight excluding hydrogens is 248 g/mol. The molecule has 1 aliphatic rings. The fraction of sp³-hybridized carbons (Fsp3) is 1.00. The zero-order valence-corrected chi connectivity index (χ0v) is 16.2. The van der Waals surface area contributed by atoms with Crippen molar-refractivity contribution in [3.8, 4) is 0 Å². The van der Waals surface area contributed by atoms with Crippen molar-refractivity contribution in [2.75, 3.05) is 13.1 Å². The van der Waals surface area contributed by atoms with E-state index in [1.165, 1.54) is 61.5 Å². The van der Waals surface area contributed by atoms with Gasteiger partial charge in [-0.2, -0.15) is 0 Å². The van der Waals surface area contributed by atoms with Crippen molar-refractivity contribution in [1.29, 1.82) is 0 Å². The summed E-state index contributed by atoms with van der Waals surface area (Å²) < 4.78 is 0. The van der Waals surface area contributed by atoms with E-state index in [-0.39, 0.29) is 11.1 Å². The molecular formula is C16H36N2Si. The fourth-order valence-electron chi connectivity index (χ4n) is 3.73. The fourth-order valence-corrected chi connectivity index (χ4v) is 4.04. The molecule has 0 aromatic rings. The van der Waals surface area contributed by atoms with Crippen LogP contribution in [0, 0.1) is 0 Å². The second-order valence-electron chi connectivity index (χ2n) is 7.70. The Kier molecular flexibility index (Phi) is 6.54. The molecule has 0 spiro atoms. The first-order valence-electron chi connectivity index (χ1n) is 8.33. The maximum atomic E-state index is 3.81. The smallest absolute Gasteiger partial charge is 0.0145 e. The van der Waals surface area contributed by atoms with Crippen molar-refractivity contribution < 1.29 is 0 Å². The number of unbranched alkanes of at least 4 members (excludes halogenated alkanes) is 1. The third kappa shape index (κ3) is 5.97. The van der Waals surface area contributed by atoms with Gasteiger partial charge in [-0.15, -0.1) is 0 Å². The minimum Gasteiger partial charge on any atom is -0.307 e. The minimum absolute atomic E-state index is 0.276. The number of nitrogens with one attached hydrogen (secondary N) is 1. The van der Waals surface area contributed by atoms with Crippen molar-refractivity contribution in [2.24, 2.45) is 0 Å². The molecule has 1 fully saturated rings. The number of hydrogen-bond donors (Lipinski definition) is 1. The highest BCUT2D eigenvalue weighted by Gasteiger charge is 2.39. The summed E-state index contributed by atoms with van der Waals surface area (Å²) >= 11 is 0. The average Bonchev–Trinajstić information content (AvgIpc) is 2.25. The topological polar surface area (TPSA) is 15.3 Å². The summed E-state index contributed by atoms with van der Waals surface area (Å²) in [5, 5.41) is 3.81. The summed E-state index contributed by atoms with van der Waals surface area (Å²) in [6.07, 6.45) is 6.66. The molecule has 19 heavy (non-hydrogen) atoms. The van der Waals surface area contributed by atoms with E-state index in [1.807, 2.05) is 0 Å². The van der Waals surface area contributed by atoms with Crippen LogP contribution in [-0.4, -0.2) is 45.4 Å². The van der Waals surface area contributed by atoms with E-state index in [0.29, 0.717) is 0 Å². The predicted octanol–water partition coefficient (Wildman–Crippen LogP) is 2.57. The Hall–Kier alpha value is 0.137. The molecule has 0 aromatic carbocycles. The molecule has 1 N–H and O–H groups in total. The first-order valence-corrected chi connectivity index (χ1v) is 9.74. The van der Waals surface area contributed by atoms with Gasteiger partial charge in [-0.25, -0.2) is 0 Å². The van der Waals surface area contributed by atoms with Gasteiger partial charge in [0, 0.05) is 27.4 Å². The minimum atomic E-state index is 0.276. The highest BCUT2D eigenvalue weighted by atomic mass is 28.1. The standard InChI is InChI=1S/C16H36N2Si/c1-6-7-9-18(10-8-11-19)14-12-15(2,3)17-16(4,5)13-14/h14,17H,6-13H2,1-5,19H3. The third-order valence-electron chi connectivity index (χ3n) is 4.28. The molecule has 3 heteroatoms. The molecule has 0 saturated carbocycles. The zero-order chi connectivity index (χ0) is 14.5. The van der Waals surface area contributed by atoms with E-state index in [0.717, 1.165) is 6.04 Å². The lowest BCUT2D eigenvalue weighted by atomic mass is 9.79. The van der Waals surface area contributed by atoms with Crippen LogP contribution in [0.3, 0.4) is 0 Å². The largest absolute Gasteiger partial charge is 0.307 e. The predicted molar refractivity (Wildman–Crippen MR) is 90.2 cm³/mol. The highest BCUT2D eigenvalue weighted by molar-refractivity contribution is 6.08. The van der Waals surface area contributed by atoms with Crippen LogP contribution in [0.25, 0.3) is 0 Å². The highest BCUT2D eigenvalue weighted by Crippen LogP contribution is 2.31. The van der Waals surface area contributed by atoms with Crippen LogP contribution in [-0.2, 0) is 0 Å². The monoisotopic (exact) mass is 284 g/mol. The second kappa shape index (κ2) is 7.23. The van der Waals surface area contributed by atoms with Crippen molar-refractivity contribution in [3.05, 3.63) is 0 Å². The number of rotatable bonds is 7. The number of piperidine rings is 1. The first kappa shape index (κ1) is 17.2. The molecule has 0 atom stereocenters. The Bertz CT molecular complexity index is 239. The molecule has 1 heterocycles.